The van der Waals surface area contributed by atoms with Crippen LogP contribution in [-0.4, -0.2) is 54.7 Å². The molecule has 122 valence electrons. The Kier molecular flexibility index (Phi) is 5.76. The number of ether oxygens (including phenoxy) is 2. The van der Waals surface area contributed by atoms with Gasteiger partial charge in [0.25, 0.3) is 0 Å². The van der Waals surface area contributed by atoms with E-state index >= 15 is 0 Å². The number of aryl methyl sites for hydroxylation is 2. The summed E-state index contributed by atoms with van der Waals surface area (Å²) in [5.74, 6) is 0.624. The molecule has 1 amide bonds. The smallest absolute Gasteiger partial charge is 0.220 e. The molecule has 6 nitrogen and oxygen atoms in total. The van der Waals surface area contributed by atoms with Crippen LogP contribution in [0.5, 0.6) is 5.75 Å². The van der Waals surface area contributed by atoms with E-state index in [-0.39, 0.29) is 19.1 Å². The van der Waals surface area contributed by atoms with Crippen molar-refractivity contribution in [2.75, 3.05) is 20.3 Å². The number of nitrogens with one attached hydrogen (secondary N) is 1. The highest BCUT2D eigenvalue weighted by Crippen LogP contribution is 2.19. The zero-order chi connectivity index (χ0) is 16.1. The number of aliphatic hydroxyl groups is 2. The number of methoxy groups -OCH3 is 1. The fourth-order valence-electron chi connectivity index (χ4n) is 2.46. The molecule has 1 aliphatic rings. The van der Waals surface area contributed by atoms with Crippen molar-refractivity contribution in [2.45, 2.75) is 38.0 Å². The summed E-state index contributed by atoms with van der Waals surface area (Å²) in [7, 11) is 1.62. The molecule has 0 aliphatic carbocycles. The van der Waals surface area contributed by atoms with Crippen LogP contribution in [0, 0.1) is 6.92 Å². The number of hydrogen-bond donors (Lipinski definition) is 3. The molecule has 3 N–H and O–H groups in total. The third-order valence-corrected chi connectivity index (χ3v) is 3.85. The molecular weight excluding hydrogens is 286 g/mol. The van der Waals surface area contributed by atoms with Gasteiger partial charge in [-0.05, 0) is 30.5 Å². The Balaban J connectivity index is 1.85. The summed E-state index contributed by atoms with van der Waals surface area (Å²) in [6.07, 6.45) is -1.07. The van der Waals surface area contributed by atoms with Gasteiger partial charge < -0.3 is 25.0 Å². The lowest BCUT2D eigenvalue weighted by atomic mass is 10.0. The quantitative estimate of drug-likeness (QED) is 0.722. The van der Waals surface area contributed by atoms with Gasteiger partial charge in [-0.15, -0.1) is 0 Å². The maximum atomic E-state index is 12.0. The lowest BCUT2D eigenvalue weighted by Crippen LogP contribution is -2.55. The molecule has 1 aromatic carbocycles. The van der Waals surface area contributed by atoms with E-state index < -0.39 is 18.2 Å². The van der Waals surface area contributed by atoms with E-state index in [2.05, 4.69) is 5.32 Å². The maximum Gasteiger partial charge on any atom is 0.220 e. The summed E-state index contributed by atoms with van der Waals surface area (Å²) >= 11 is 0. The van der Waals surface area contributed by atoms with E-state index in [0.29, 0.717) is 12.8 Å². The van der Waals surface area contributed by atoms with Crippen molar-refractivity contribution >= 4 is 5.91 Å². The average molecular weight is 309 g/mol. The van der Waals surface area contributed by atoms with Crippen LogP contribution < -0.4 is 10.1 Å². The van der Waals surface area contributed by atoms with Crippen molar-refractivity contribution < 1.29 is 24.5 Å². The SMILES string of the molecule is COc1cc(CCC(=O)N[C@@H]2COC[C@@H](O)[C@H]2O)ccc1C. The summed E-state index contributed by atoms with van der Waals surface area (Å²) in [5, 5.41) is 22.0. The van der Waals surface area contributed by atoms with Crippen LogP contribution >= 0.6 is 0 Å². The minimum atomic E-state index is -0.989. The van der Waals surface area contributed by atoms with E-state index in [1.165, 1.54) is 0 Å². The molecule has 2 rings (SSSR count). The van der Waals surface area contributed by atoms with Crippen LogP contribution in [0.4, 0.5) is 0 Å². The molecule has 0 bridgehead atoms. The number of rotatable bonds is 5. The molecule has 0 saturated carbocycles. The maximum absolute atomic E-state index is 12.0. The Hall–Kier alpha value is -1.63. The van der Waals surface area contributed by atoms with Gasteiger partial charge in [-0.3, -0.25) is 4.79 Å². The number of carbonyl (C=O) groups is 1. The van der Waals surface area contributed by atoms with Crippen LogP contribution in [0.3, 0.4) is 0 Å². The molecule has 22 heavy (non-hydrogen) atoms. The first-order chi connectivity index (χ1) is 10.5. The molecule has 1 aromatic rings. The molecule has 0 unspecified atom stereocenters. The fraction of sp³-hybridized carbons (Fsp3) is 0.562. The standard InChI is InChI=1S/C16H23NO5/c1-10-3-4-11(7-14(10)21-2)5-6-15(19)17-12-8-22-9-13(18)16(12)20/h3-4,7,12-13,16,18,20H,5-6,8-9H2,1-2H3,(H,17,19)/t12-,13-,16+/m1/s1. The Labute approximate surface area is 130 Å². The van der Waals surface area contributed by atoms with Crippen molar-refractivity contribution in [3.05, 3.63) is 29.3 Å². The average Bonchev–Trinajstić information content (AvgIpc) is 2.51. The van der Waals surface area contributed by atoms with E-state index in [1.54, 1.807) is 7.11 Å². The van der Waals surface area contributed by atoms with E-state index in [9.17, 15) is 15.0 Å². The highest BCUT2D eigenvalue weighted by molar-refractivity contribution is 5.76. The highest BCUT2D eigenvalue weighted by Gasteiger charge is 2.32. The number of carbonyl (C=O) groups excluding carboxylic acids is 1. The van der Waals surface area contributed by atoms with Crippen LogP contribution in [0.1, 0.15) is 17.5 Å². The summed E-state index contributed by atoms with van der Waals surface area (Å²) in [5.41, 5.74) is 2.06. The normalized spacial score (nSPS) is 24.8. The second-order valence-corrected chi connectivity index (χ2v) is 5.57. The predicted octanol–water partition coefficient (Wildman–Crippen LogP) is 0.173. The molecule has 1 aliphatic heterocycles. The number of amides is 1. The number of aliphatic hydroxyl groups excluding tert-OH is 2. The Morgan fingerprint density at radius 1 is 1.41 bits per heavy atom. The lowest BCUT2D eigenvalue weighted by molar-refractivity contribution is -0.131. The minimum Gasteiger partial charge on any atom is -0.496 e. The molecule has 0 aromatic heterocycles. The lowest BCUT2D eigenvalue weighted by Gasteiger charge is -2.32. The van der Waals surface area contributed by atoms with Gasteiger partial charge in [-0.2, -0.15) is 0 Å². The van der Waals surface area contributed by atoms with Gasteiger partial charge in [0.15, 0.2) is 0 Å². The van der Waals surface area contributed by atoms with Crippen LogP contribution in [0.15, 0.2) is 18.2 Å². The van der Waals surface area contributed by atoms with Gasteiger partial charge >= 0.3 is 0 Å². The third-order valence-electron chi connectivity index (χ3n) is 3.85. The fourth-order valence-corrected chi connectivity index (χ4v) is 2.46. The van der Waals surface area contributed by atoms with Crippen molar-refractivity contribution in [1.82, 2.24) is 5.32 Å². The first kappa shape index (κ1) is 16.7. The second kappa shape index (κ2) is 7.58. The summed E-state index contributed by atoms with van der Waals surface area (Å²) in [4.78, 5) is 12.0. The van der Waals surface area contributed by atoms with E-state index in [4.69, 9.17) is 9.47 Å². The first-order valence-corrected chi connectivity index (χ1v) is 7.38. The third kappa shape index (κ3) is 4.19. The molecule has 0 radical (unpaired) electrons. The van der Waals surface area contributed by atoms with Gasteiger partial charge in [0.2, 0.25) is 5.91 Å². The van der Waals surface area contributed by atoms with Gasteiger partial charge in [-0.25, -0.2) is 0 Å². The largest absolute Gasteiger partial charge is 0.496 e. The number of benzene rings is 1. The van der Waals surface area contributed by atoms with Gasteiger partial charge in [0.1, 0.15) is 18.0 Å². The van der Waals surface area contributed by atoms with Crippen molar-refractivity contribution in [1.29, 1.82) is 0 Å². The molecule has 1 heterocycles. The van der Waals surface area contributed by atoms with Crippen molar-refractivity contribution in [3.8, 4) is 5.75 Å². The summed E-state index contributed by atoms with van der Waals surface area (Å²) in [6, 6.07) is 5.28. The summed E-state index contributed by atoms with van der Waals surface area (Å²) < 4.78 is 10.4. The Morgan fingerprint density at radius 2 is 2.18 bits per heavy atom. The van der Waals surface area contributed by atoms with Crippen molar-refractivity contribution in [3.63, 3.8) is 0 Å². The predicted molar refractivity (Wildman–Crippen MR) is 80.8 cm³/mol. The second-order valence-electron chi connectivity index (χ2n) is 5.57. The molecule has 0 spiro atoms. The molecule has 3 atom stereocenters. The van der Waals surface area contributed by atoms with Crippen LogP contribution in [-0.2, 0) is 16.0 Å². The zero-order valence-corrected chi connectivity index (χ0v) is 12.9. The van der Waals surface area contributed by atoms with Gasteiger partial charge in [-0.1, -0.05) is 12.1 Å². The van der Waals surface area contributed by atoms with Crippen molar-refractivity contribution in [2.24, 2.45) is 0 Å². The van der Waals surface area contributed by atoms with Crippen LogP contribution in [0.2, 0.25) is 0 Å². The minimum absolute atomic E-state index is 0.0939. The van der Waals surface area contributed by atoms with E-state index in [1.807, 2.05) is 25.1 Å². The Morgan fingerprint density at radius 3 is 2.91 bits per heavy atom. The molecule has 6 heteroatoms. The molecular formula is C16H23NO5. The molecule has 1 fully saturated rings. The summed E-state index contributed by atoms with van der Waals surface area (Å²) in [6.45, 7) is 2.27. The van der Waals surface area contributed by atoms with Gasteiger partial charge in [0, 0.05) is 6.42 Å². The number of hydrogen-bond acceptors (Lipinski definition) is 5. The monoisotopic (exact) mass is 309 g/mol. The van der Waals surface area contributed by atoms with Gasteiger partial charge in [0.05, 0.1) is 26.4 Å². The highest BCUT2D eigenvalue weighted by atomic mass is 16.5. The van der Waals surface area contributed by atoms with Crippen LogP contribution in [0.25, 0.3) is 0 Å². The van der Waals surface area contributed by atoms with E-state index in [0.717, 1.165) is 16.9 Å². The Bertz CT molecular complexity index is 519. The molecule has 1 saturated heterocycles. The topological polar surface area (TPSA) is 88.0 Å². The first-order valence-electron chi connectivity index (χ1n) is 7.38. The zero-order valence-electron chi connectivity index (χ0n) is 12.9.